The molecule has 0 bridgehead atoms. The highest BCUT2D eigenvalue weighted by Crippen LogP contribution is 2.32. The number of benzene rings is 2. The van der Waals surface area contributed by atoms with E-state index in [0.29, 0.717) is 16.7 Å². The molecule has 0 aliphatic carbocycles. The van der Waals surface area contributed by atoms with E-state index < -0.39 is 11.9 Å². The van der Waals surface area contributed by atoms with Crippen LogP contribution in [-0.4, -0.2) is 47.8 Å². The zero-order chi connectivity index (χ0) is 22.7. The molecule has 0 atom stereocenters. The zero-order valence-corrected chi connectivity index (χ0v) is 18.3. The molecule has 0 radical (unpaired) electrons. The molecule has 9 heteroatoms. The van der Waals surface area contributed by atoms with Gasteiger partial charge in [-0.05, 0) is 17.7 Å². The molecule has 0 spiro atoms. The number of nitrogens with zero attached hydrogens (tertiary/aromatic N) is 4. The first-order chi connectivity index (χ1) is 15.5. The number of hydrogen-bond donors (Lipinski definition) is 1. The summed E-state index contributed by atoms with van der Waals surface area (Å²) in [6.07, 6.45) is 0. The normalized spacial score (nSPS) is 15.1. The summed E-state index contributed by atoms with van der Waals surface area (Å²) in [5, 5.41) is 3.74. The Morgan fingerprint density at radius 3 is 2.62 bits per heavy atom. The van der Waals surface area contributed by atoms with Crippen LogP contribution in [0.4, 0.5) is 5.13 Å². The molecule has 1 aliphatic rings. The summed E-state index contributed by atoms with van der Waals surface area (Å²) in [6.45, 7) is 9.19. The fourth-order valence-corrected chi connectivity index (χ4v) is 4.10. The molecule has 160 valence electrons. The second-order valence-electron chi connectivity index (χ2n) is 7.00. The van der Waals surface area contributed by atoms with Crippen LogP contribution >= 0.6 is 11.3 Å². The van der Waals surface area contributed by atoms with Crippen molar-refractivity contribution in [2.24, 2.45) is 4.99 Å². The number of para-hydroxylation sites is 1. The van der Waals surface area contributed by atoms with E-state index in [1.165, 1.54) is 23.2 Å². The van der Waals surface area contributed by atoms with Crippen LogP contribution < -0.4 is 5.32 Å². The summed E-state index contributed by atoms with van der Waals surface area (Å²) in [7, 11) is 1.56. The maximum Gasteiger partial charge on any atom is 0.302 e. The molecule has 0 saturated heterocycles. The predicted octanol–water partition coefficient (Wildman–Crippen LogP) is 3.59. The number of aromatic nitrogens is 1. The molecule has 3 aromatic rings. The number of likely N-dealkylation sites (N-methyl/N-ethyl adjacent to an activating group) is 1. The molecule has 0 fully saturated rings. The second-order valence-corrected chi connectivity index (χ2v) is 8.01. The van der Waals surface area contributed by atoms with Crippen LogP contribution in [0.25, 0.3) is 20.8 Å². The van der Waals surface area contributed by atoms with Crippen molar-refractivity contribution in [3.8, 4) is 0 Å². The summed E-state index contributed by atoms with van der Waals surface area (Å²) in [5.41, 5.74) is 2.72. The van der Waals surface area contributed by atoms with Gasteiger partial charge in [0.15, 0.2) is 0 Å². The van der Waals surface area contributed by atoms with Crippen molar-refractivity contribution in [2.45, 2.75) is 6.92 Å². The monoisotopic (exact) mass is 445 g/mol. The minimum absolute atomic E-state index is 0.0581. The van der Waals surface area contributed by atoms with Crippen molar-refractivity contribution in [3.05, 3.63) is 76.8 Å². The first kappa shape index (κ1) is 21.2. The summed E-state index contributed by atoms with van der Waals surface area (Å²) in [4.78, 5) is 38.0. The maximum absolute atomic E-state index is 13.0. The van der Waals surface area contributed by atoms with E-state index in [4.69, 9.17) is 11.3 Å². The standard InChI is InChI=1S/C23H19N5O3S/c1-14(29)31-13-12-28(3)22(30)20(24-2)19-15-8-4-5-9-16(15)21(26-19)27-23-25-17-10-6-7-11-18(17)32-23/h4-11H,12-13H2,1,3H3,(H,25,26,27). The van der Waals surface area contributed by atoms with Gasteiger partial charge in [-0.2, -0.15) is 0 Å². The fraction of sp³-hybridized carbons (Fsp3) is 0.174. The number of fused-ring (bicyclic) bond motifs is 2. The number of rotatable bonds is 5. The Labute approximate surface area is 188 Å². The molecule has 1 aromatic heterocycles. The van der Waals surface area contributed by atoms with Gasteiger partial charge in [0.2, 0.25) is 5.13 Å². The largest absolute Gasteiger partial charge is 0.464 e. The van der Waals surface area contributed by atoms with E-state index in [1.807, 2.05) is 48.5 Å². The molecule has 8 nitrogen and oxygen atoms in total. The Balaban J connectivity index is 1.68. The number of amidine groups is 1. The van der Waals surface area contributed by atoms with E-state index in [9.17, 15) is 9.59 Å². The first-order valence-corrected chi connectivity index (χ1v) is 10.6. The fourth-order valence-electron chi connectivity index (χ4n) is 3.26. The third kappa shape index (κ3) is 4.22. The van der Waals surface area contributed by atoms with E-state index in [1.54, 1.807) is 7.05 Å². The van der Waals surface area contributed by atoms with Crippen LogP contribution in [0.15, 0.2) is 59.2 Å². The lowest BCUT2D eigenvalue weighted by Crippen LogP contribution is -2.32. The number of thiazole rings is 1. The second kappa shape index (κ2) is 8.99. The van der Waals surface area contributed by atoms with Gasteiger partial charge in [-0.25, -0.2) is 14.8 Å². The van der Waals surface area contributed by atoms with Crippen LogP contribution in [0, 0.1) is 6.57 Å². The highest BCUT2D eigenvalue weighted by Gasteiger charge is 2.29. The highest BCUT2D eigenvalue weighted by atomic mass is 32.1. The minimum atomic E-state index is -0.467. The Morgan fingerprint density at radius 1 is 1.19 bits per heavy atom. The summed E-state index contributed by atoms with van der Waals surface area (Å²) >= 11 is 1.47. The lowest BCUT2D eigenvalue weighted by molar-refractivity contribution is -0.142. The van der Waals surface area contributed by atoms with Gasteiger partial charge in [0.1, 0.15) is 12.4 Å². The number of aliphatic imine (C=N–C) groups is 1. The zero-order valence-electron chi connectivity index (χ0n) is 17.5. The van der Waals surface area contributed by atoms with E-state index in [2.05, 4.69) is 20.1 Å². The Kier molecular flexibility index (Phi) is 5.96. The number of amides is 1. The van der Waals surface area contributed by atoms with Gasteiger partial charge in [-0.15, -0.1) is 0 Å². The molecule has 1 aliphatic heterocycles. The Bertz CT molecular complexity index is 1290. The number of esters is 1. The van der Waals surface area contributed by atoms with Gasteiger partial charge in [0.05, 0.1) is 29.0 Å². The Hall–Kier alpha value is -4.03. The minimum Gasteiger partial charge on any atom is -0.464 e. The molecule has 2 heterocycles. The average molecular weight is 446 g/mol. The van der Waals surface area contributed by atoms with Gasteiger partial charge in [0, 0.05) is 19.5 Å². The Morgan fingerprint density at radius 2 is 1.91 bits per heavy atom. The van der Waals surface area contributed by atoms with E-state index in [-0.39, 0.29) is 18.8 Å². The van der Waals surface area contributed by atoms with E-state index in [0.717, 1.165) is 21.3 Å². The van der Waals surface area contributed by atoms with Gasteiger partial charge >= 0.3 is 5.97 Å². The van der Waals surface area contributed by atoms with Gasteiger partial charge < -0.3 is 15.0 Å². The molecule has 0 saturated carbocycles. The van der Waals surface area contributed by atoms with Crippen molar-refractivity contribution in [1.82, 2.24) is 15.2 Å². The van der Waals surface area contributed by atoms with Crippen LogP contribution in [0.5, 0.6) is 0 Å². The summed E-state index contributed by atoms with van der Waals surface area (Å²) < 4.78 is 5.93. The molecule has 2 aromatic carbocycles. The van der Waals surface area contributed by atoms with Crippen molar-refractivity contribution in [1.29, 1.82) is 0 Å². The molecule has 1 amide bonds. The SMILES string of the molecule is [C-]#[N+]C(C(=O)N(C)CCOC(C)=O)=C1NC(=Nc2nc3ccccc3s2)c2ccccc21. The molecule has 4 rings (SSSR count). The van der Waals surface area contributed by atoms with Gasteiger partial charge in [-0.1, -0.05) is 47.7 Å². The smallest absolute Gasteiger partial charge is 0.302 e. The van der Waals surface area contributed by atoms with Gasteiger partial charge in [-0.3, -0.25) is 9.59 Å². The molecule has 0 unspecified atom stereocenters. The predicted molar refractivity (Wildman–Crippen MR) is 123 cm³/mol. The van der Waals surface area contributed by atoms with Gasteiger partial charge in [0.25, 0.3) is 11.6 Å². The van der Waals surface area contributed by atoms with Crippen molar-refractivity contribution in [3.63, 3.8) is 0 Å². The highest BCUT2D eigenvalue weighted by molar-refractivity contribution is 7.22. The maximum atomic E-state index is 13.0. The van der Waals surface area contributed by atoms with Crippen LogP contribution in [0.2, 0.25) is 0 Å². The van der Waals surface area contributed by atoms with E-state index >= 15 is 0 Å². The number of carbonyl (C=O) groups is 2. The molecular weight excluding hydrogens is 426 g/mol. The van der Waals surface area contributed by atoms with Crippen molar-refractivity contribution >= 4 is 50.1 Å². The van der Waals surface area contributed by atoms with Crippen LogP contribution in [0.3, 0.4) is 0 Å². The molecule has 32 heavy (non-hydrogen) atoms. The lowest BCUT2D eigenvalue weighted by Gasteiger charge is -2.17. The summed E-state index contributed by atoms with van der Waals surface area (Å²) in [5.74, 6) is -0.353. The number of ether oxygens (including phenoxy) is 1. The lowest BCUT2D eigenvalue weighted by atomic mass is 10.1. The quantitative estimate of drug-likeness (QED) is 0.368. The van der Waals surface area contributed by atoms with Crippen LogP contribution in [-0.2, 0) is 14.3 Å². The third-order valence-electron chi connectivity index (χ3n) is 4.81. The number of hydrogen-bond acceptors (Lipinski definition) is 6. The van der Waals surface area contributed by atoms with Crippen molar-refractivity contribution < 1.29 is 14.3 Å². The number of carbonyl (C=O) groups excluding carboxylic acids is 2. The third-order valence-corrected chi connectivity index (χ3v) is 5.75. The molecule has 1 N–H and O–H groups in total. The summed E-state index contributed by atoms with van der Waals surface area (Å²) in [6, 6.07) is 15.2. The van der Waals surface area contributed by atoms with Crippen LogP contribution in [0.1, 0.15) is 18.1 Å². The first-order valence-electron chi connectivity index (χ1n) is 9.79. The molecular formula is C23H19N5O3S. The van der Waals surface area contributed by atoms with Crippen molar-refractivity contribution in [2.75, 3.05) is 20.2 Å². The topological polar surface area (TPSA) is 88.3 Å². The number of nitrogens with one attached hydrogen (secondary N) is 1. The average Bonchev–Trinajstić information content (AvgIpc) is 3.35.